The van der Waals surface area contributed by atoms with Crippen molar-refractivity contribution in [1.82, 2.24) is 9.38 Å². The highest BCUT2D eigenvalue weighted by molar-refractivity contribution is 5.61. The first kappa shape index (κ1) is 8.29. The van der Waals surface area contributed by atoms with E-state index in [0.29, 0.717) is 0 Å². The van der Waals surface area contributed by atoms with Gasteiger partial charge >= 0.3 is 0 Å². The normalized spacial score (nSPS) is 11.0. The smallest absolute Gasteiger partial charge is 0.180 e. The third-order valence-corrected chi connectivity index (χ3v) is 2.52. The Kier molecular flexibility index (Phi) is 1.65. The molecule has 0 amide bonds. The van der Waals surface area contributed by atoms with Gasteiger partial charge in [0, 0.05) is 6.20 Å². The first-order valence-corrected chi connectivity index (χ1v) is 4.83. The monoisotopic (exact) mass is 198 g/mol. The lowest BCUT2D eigenvalue weighted by Gasteiger charge is -1.99. The van der Waals surface area contributed by atoms with Gasteiger partial charge in [-0.3, -0.25) is 4.40 Å². The lowest BCUT2D eigenvalue weighted by Crippen LogP contribution is -1.88. The molecule has 0 radical (unpaired) electrons. The number of imidazole rings is 1. The molecule has 0 saturated heterocycles. The molecule has 0 aliphatic heterocycles. The molecule has 3 aromatic heterocycles. The minimum atomic E-state index is 0.792. The van der Waals surface area contributed by atoms with Gasteiger partial charge in [-0.15, -0.1) is 0 Å². The van der Waals surface area contributed by atoms with Crippen molar-refractivity contribution in [3.63, 3.8) is 0 Å². The number of aryl methyl sites for hydroxylation is 1. The molecule has 0 spiro atoms. The van der Waals surface area contributed by atoms with E-state index in [0.717, 1.165) is 17.1 Å². The highest BCUT2D eigenvalue weighted by Gasteiger charge is 2.08. The third-order valence-electron chi connectivity index (χ3n) is 2.52. The molecule has 0 saturated carbocycles. The Morgan fingerprint density at radius 3 is 3.00 bits per heavy atom. The molecule has 3 rings (SSSR count). The van der Waals surface area contributed by atoms with E-state index in [9.17, 15) is 0 Å². The number of fused-ring (bicyclic) bond motifs is 1. The van der Waals surface area contributed by atoms with Crippen molar-refractivity contribution in [2.75, 3.05) is 0 Å². The van der Waals surface area contributed by atoms with Crippen LogP contribution in [0.15, 0.2) is 47.3 Å². The Labute approximate surface area is 87.0 Å². The van der Waals surface area contributed by atoms with E-state index in [1.165, 1.54) is 5.56 Å². The summed E-state index contributed by atoms with van der Waals surface area (Å²) in [4.78, 5) is 4.37. The zero-order chi connectivity index (χ0) is 10.3. The van der Waals surface area contributed by atoms with Gasteiger partial charge < -0.3 is 4.42 Å². The number of aromatic nitrogens is 2. The van der Waals surface area contributed by atoms with Crippen molar-refractivity contribution in [2.24, 2.45) is 0 Å². The number of hydrogen-bond acceptors (Lipinski definition) is 2. The Balaban J connectivity index is 2.34. The van der Waals surface area contributed by atoms with E-state index in [-0.39, 0.29) is 0 Å². The quantitative estimate of drug-likeness (QED) is 0.601. The molecule has 3 heteroatoms. The maximum Gasteiger partial charge on any atom is 0.180 e. The van der Waals surface area contributed by atoms with Crippen LogP contribution in [0.25, 0.3) is 17.1 Å². The highest BCUT2D eigenvalue weighted by Crippen LogP contribution is 2.21. The van der Waals surface area contributed by atoms with Crippen molar-refractivity contribution in [2.45, 2.75) is 6.92 Å². The summed E-state index contributed by atoms with van der Waals surface area (Å²) in [5.74, 6) is 1.64. The van der Waals surface area contributed by atoms with Crippen LogP contribution in [-0.2, 0) is 0 Å². The van der Waals surface area contributed by atoms with Gasteiger partial charge in [0.25, 0.3) is 0 Å². The van der Waals surface area contributed by atoms with Crippen molar-refractivity contribution in [1.29, 1.82) is 0 Å². The number of nitrogens with zero attached hydrogens (tertiary/aromatic N) is 2. The van der Waals surface area contributed by atoms with Crippen LogP contribution in [-0.4, -0.2) is 9.38 Å². The summed E-state index contributed by atoms with van der Waals surface area (Å²) in [5.41, 5.74) is 2.33. The van der Waals surface area contributed by atoms with E-state index in [4.69, 9.17) is 4.42 Å². The topological polar surface area (TPSA) is 30.4 Å². The van der Waals surface area contributed by atoms with Gasteiger partial charge in [-0.1, -0.05) is 6.07 Å². The average Bonchev–Trinajstić information content (AvgIpc) is 2.85. The number of rotatable bonds is 1. The maximum atomic E-state index is 5.34. The molecular formula is C12H10N2O. The van der Waals surface area contributed by atoms with Crippen LogP contribution in [0.4, 0.5) is 0 Å². The zero-order valence-corrected chi connectivity index (χ0v) is 8.34. The highest BCUT2D eigenvalue weighted by atomic mass is 16.3. The molecule has 0 aliphatic carbocycles. The molecule has 0 atom stereocenters. The Bertz CT molecular complexity index is 593. The van der Waals surface area contributed by atoms with Gasteiger partial charge in [0.05, 0.1) is 18.0 Å². The Morgan fingerprint density at radius 1 is 1.27 bits per heavy atom. The van der Waals surface area contributed by atoms with Gasteiger partial charge in [0.2, 0.25) is 0 Å². The molecule has 0 aliphatic rings. The van der Waals surface area contributed by atoms with Gasteiger partial charge in [-0.25, -0.2) is 4.98 Å². The van der Waals surface area contributed by atoms with Gasteiger partial charge in [-0.05, 0) is 30.7 Å². The summed E-state index contributed by atoms with van der Waals surface area (Å²) in [6, 6.07) is 7.86. The van der Waals surface area contributed by atoms with Crippen LogP contribution in [0.2, 0.25) is 0 Å². The SMILES string of the molecule is Cc1cccn2c(-c3ccco3)ncc12. The average molecular weight is 198 g/mol. The van der Waals surface area contributed by atoms with Crippen LogP contribution in [0.3, 0.4) is 0 Å². The molecule has 0 unspecified atom stereocenters. The lowest BCUT2D eigenvalue weighted by atomic mass is 10.2. The first-order chi connectivity index (χ1) is 7.36. The summed E-state index contributed by atoms with van der Waals surface area (Å²) in [6.45, 7) is 2.07. The minimum Gasteiger partial charge on any atom is -0.461 e. The molecule has 15 heavy (non-hydrogen) atoms. The predicted octanol–water partition coefficient (Wildman–Crippen LogP) is 2.90. The number of hydrogen-bond donors (Lipinski definition) is 0. The molecule has 0 fully saturated rings. The second-order valence-electron chi connectivity index (χ2n) is 3.51. The molecular weight excluding hydrogens is 188 g/mol. The predicted molar refractivity (Wildman–Crippen MR) is 57.6 cm³/mol. The third kappa shape index (κ3) is 1.16. The number of furan rings is 1. The molecule has 0 aromatic carbocycles. The van der Waals surface area contributed by atoms with Crippen LogP contribution in [0.5, 0.6) is 0 Å². The largest absolute Gasteiger partial charge is 0.461 e. The Morgan fingerprint density at radius 2 is 2.20 bits per heavy atom. The Hall–Kier alpha value is -2.03. The van der Waals surface area contributed by atoms with Gasteiger partial charge in [0.15, 0.2) is 11.6 Å². The fourth-order valence-electron chi connectivity index (χ4n) is 1.75. The standard InChI is InChI=1S/C12H10N2O/c1-9-4-2-6-14-10(9)8-13-12(14)11-5-3-7-15-11/h2-8H,1H3. The van der Waals surface area contributed by atoms with Gasteiger partial charge in [-0.2, -0.15) is 0 Å². The van der Waals surface area contributed by atoms with E-state index in [1.807, 2.05) is 35.0 Å². The molecule has 0 bridgehead atoms. The molecule has 0 N–H and O–H groups in total. The zero-order valence-electron chi connectivity index (χ0n) is 8.34. The fraction of sp³-hybridized carbons (Fsp3) is 0.0833. The van der Waals surface area contributed by atoms with Gasteiger partial charge in [0.1, 0.15) is 0 Å². The molecule has 3 nitrogen and oxygen atoms in total. The van der Waals surface area contributed by atoms with E-state index >= 15 is 0 Å². The van der Waals surface area contributed by atoms with E-state index < -0.39 is 0 Å². The van der Waals surface area contributed by atoms with Crippen molar-refractivity contribution < 1.29 is 4.42 Å². The summed E-state index contributed by atoms with van der Waals surface area (Å²) in [7, 11) is 0. The second kappa shape index (κ2) is 2.98. The molecule has 3 heterocycles. The fourth-order valence-corrected chi connectivity index (χ4v) is 1.75. The second-order valence-corrected chi connectivity index (χ2v) is 3.51. The van der Waals surface area contributed by atoms with Crippen LogP contribution < -0.4 is 0 Å². The maximum absolute atomic E-state index is 5.34. The summed E-state index contributed by atoms with van der Waals surface area (Å²) >= 11 is 0. The lowest BCUT2D eigenvalue weighted by molar-refractivity contribution is 0.577. The van der Waals surface area contributed by atoms with E-state index in [2.05, 4.69) is 18.0 Å². The first-order valence-electron chi connectivity index (χ1n) is 4.83. The van der Waals surface area contributed by atoms with Crippen LogP contribution in [0.1, 0.15) is 5.56 Å². The van der Waals surface area contributed by atoms with Crippen molar-refractivity contribution in [3.05, 3.63) is 48.5 Å². The molecule has 74 valence electrons. The van der Waals surface area contributed by atoms with E-state index in [1.54, 1.807) is 6.26 Å². The van der Waals surface area contributed by atoms with Crippen molar-refractivity contribution in [3.8, 4) is 11.6 Å². The van der Waals surface area contributed by atoms with Crippen LogP contribution in [0, 0.1) is 6.92 Å². The molecule has 3 aromatic rings. The minimum absolute atomic E-state index is 0.792. The summed E-state index contributed by atoms with van der Waals surface area (Å²) in [6.07, 6.45) is 5.52. The number of pyridine rings is 1. The summed E-state index contributed by atoms with van der Waals surface area (Å²) < 4.78 is 7.38. The van der Waals surface area contributed by atoms with Crippen LogP contribution >= 0.6 is 0 Å². The van der Waals surface area contributed by atoms with Crippen molar-refractivity contribution >= 4 is 5.52 Å². The summed E-state index contributed by atoms with van der Waals surface area (Å²) in [5, 5.41) is 0.